The zero-order valence-electron chi connectivity index (χ0n) is 10.7. The van der Waals surface area contributed by atoms with E-state index in [1.807, 2.05) is 18.2 Å². The SMILES string of the molecule is CCCCCCOc1ncnc2cc(N)ccc12. The van der Waals surface area contributed by atoms with Gasteiger partial charge in [-0.2, -0.15) is 0 Å². The summed E-state index contributed by atoms with van der Waals surface area (Å²) in [6.07, 6.45) is 6.27. The summed E-state index contributed by atoms with van der Waals surface area (Å²) in [5.74, 6) is 0.650. The molecule has 96 valence electrons. The van der Waals surface area contributed by atoms with Gasteiger partial charge in [0.05, 0.1) is 17.5 Å². The third kappa shape index (κ3) is 3.09. The number of hydrogen-bond donors (Lipinski definition) is 1. The van der Waals surface area contributed by atoms with Crippen LogP contribution < -0.4 is 10.5 Å². The number of ether oxygens (including phenoxy) is 1. The van der Waals surface area contributed by atoms with Gasteiger partial charge in [-0.15, -0.1) is 0 Å². The van der Waals surface area contributed by atoms with Crippen LogP contribution in [0.15, 0.2) is 24.5 Å². The van der Waals surface area contributed by atoms with E-state index in [0.717, 1.165) is 17.3 Å². The molecule has 4 nitrogen and oxygen atoms in total. The summed E-state index contributed by atoms with van der Waals surface area (Å²) in [6, 6.07) is 5.59. The summed E-state index contributed by atoms with van der Waals surface area (Å²) in [5.41, 5.74) is 7.26. The van der Waals surface area contributed by atoms with Crippen LogP contribution in [-0.4, -0.2) is 16.6 Å². The molecule has 1 heterocycles. The van der Waals surface area contributed by atoms with Crippen molar-refractivity contribution in [3.8, 4) is 5.88 Å². The molecule has 0 saturated heterocycles. The average Bonchev–Trinajstić information content (AvgIpc) is 2.38. The molecule has 0 radical (unpaired) electrons. The molecular weight excluding hydrogens is 226 g/mol. The zero-order valence-corrected chi connectivity index (χ0v) is 10.7. The predicted octanol–water partition coefficient (Wildman–Crippen LogP) is 3.17. The van der Waals surface area contributed by atoms with Crippen LogP contribution in [0.4, 0.5) is 5.69 Å². The molecule has 0 spiro atoms. The monoisotopic (exact) mass is 245 g/mol. The average molecular weight is 245 g/mol. The fourth-order valence-corrected chi connectivity index (χ4v) is 1.86. The molecule has 0 aliphatic rings. The van der Waals surface area contributed by atoms with Gasteiger partial charge in [-0.3, -0.25) is 0 Å². The van der Waals surface area contributed by atoms with Crippen LogP contribution in [0, 0.1) is 0 Å². The highest BCUT2D eigenvalue weighted by atomic mass is 16.5. The van der Waals surface area contributed by atoms with E-state index in [0.29, 0.717) is 18.2 Å². The van der Waals surface area contributed by atoms with Gasteiger partial charge in [0, 0.05) is 5.69 Å². The molecule has 1 aromatic carbocycles. The molecular formula is C14H19N3O. The Morgan fingerprint density at radius 1 is 1.17 bits per heavy atom. The summed E-state index contributed by atoms with van der Waals surface area (Å²) in [4.78, 5) is 8.37. The molecule has 1 aromatic heterocycles. The van der Waals surface area contributed by atoms with Gasteiger partial charge in [-0.25, -0.2) is 9.97 Å². The number of nitrogens with two attached hydrogens (primary N) is 1. The first-order valence-corrected chi connectivity index (χ1v) is 6.44. The minimum Gasteiger partial charge on any atom is -0.477 e. The third-order valence-corrected chi connectivity index (χ3v) is 2.86. The van der Waals surface area contributed by atoms with Crippen LogP contribution in [0.3, 0.4) is 0 Å². The molecule has 18 heavy (non-hydrogen) atoms. The van der Waals surface area contributed by atoms with Crippen LogP contribution in [0.1, 0.15) is 32.6 Å². The lowest BCUT2D eigenvalue weighted by Crippen LogP contribution is -2.00. The van der Waals surface area contributed by atoms with Crippen molar-refractivity contribution in [3.05, 3.63) is 24.5 Å². The second-order valence-electron chi connectivity index (χ2n) is 4.36. The van der Waals surface area contributed by atoms with Gasteiger partial charge in [0.15, 0.2) is 0 Å². The Morgan fingerprint density at radius 3 is 2.89 bits per heavy atom. The molecule has 0 amide bonds. The normalized spacial score (nSPS) is 10.7. The first kappa shape index (κ1) is 12.6. The Hall–Kier alpha value is -1.84. The van der Waals surface area contributed by atoms with Crippen molar-refractivity contribution in [1.29, 1.82) is 0 Å². The van der Waals surface area contributed by atoms with Crippen molar-refractivity contribution in [2.45, 2.75) is 32.6 Å². The van der Waals surface area contributed by atoms with Crippen LogP contribution in [0.25, 0.3) is 10.9 Å². The highest BCUT2D eigenvalue weighted by Crippen LogP contribution is 2.23. The minimum atomic E-state index is 0.650. The van der Waals surface area contributed by atoms with Gasteiger partial charge < -0.3 is 10.5 Å². The molecule has 4 heteroatoms. The Bertz CT molecular complexity index is 513. The predicted molar refractivity (Wildman–Crippen MR) is 73.6 cm³/mol. The van der Waals surface area contributed by atoms with Crippen molar-refractivity contribution in [2.24, 2.45) is 0 Å². The molecule has 2 N–H and O–H groups in total. The standard InChI is InChI=1S/C14H19N3O/c1-2-3-4-5-8-18-14-12-7-6-11(15)9-13(12)16-10-17-14/h6-7,9-10H,2-5,8,15H2,1H3. The van der Waals surface area contributed by atoms with Crippen LogP contribution in [0.5, 0.6) is 5.88 Å². The first-order valence-electron chi connectivity index (χ1n) is 6.44. The summed E-state index contributed by atoms with van der Waals surface area (Å²) in [5, 5.41) is 0.919. The highest BCUT2D eigenvalue weighted by Gasteiger charge is 2.04. The quantitative estimate of drug-likeness (QED) is 0.627. The van der Waals surface area contributed by atoms with Crippen molar-refractivity contribution in [1.82, 2.24) is 9.97 Å². The van der Waals surface area contributed by atoms with E-state index in [1.54, 1.807) is 0 Å². The number of rotatable bonds is 6. The van der Waals surface area contributed by atoms with E-state index in [9.17, 15) is 0 Å². The lowest BCUT2D eigenvalue weighted by atomic mass is 10.2. The number of fused-ring (bicyclic) bond motifs is 1. The fraction of sp³-hybridized carbons (Fsp3) is 0.429. The summed E-state index contributed by atoms with van der Waals surface area (Å²) < 4.78 is 5.71. The van der Waals surface area contributed by atoms with Crippen molar-refractivity contribution >= 4 is 16.6 Å². The second kappa shape index (κ2) is 6.19. The van der Waals surface area contributed by atoms with E-state index in [1.165, 1.54) is 25.6 Å². The molecule has 0 unspecified atom stereocenters. The van der Waals surface area contributed by atoms with Gasteiger partial charge in [-0.05, 0) is 24.6 Å². The number of nitrogens with zero attached hydrogens (tertiary/aromatic N) is 2. The summed E-state index contributed by atoms with van der Waals surface area (Å²) in [6.45, 7) is 2.90. The van der Waals surface area contributed by atoms with E-state index < -0.39 is 0 Å². The topological polar surface area (TPSA) is 61.0 Å². The zero-order chi connectivity index (χ0) is 12.8. The van der Waals surface area contributed by atoms with Gasteiger partial charge in [0.2, 0.25) is 5.88 Å². The largest absolute Gasteiger partial charge is 0.477 e. The van der Waals surface area contributed by atoms with Gasteiger partial charge >= 0.3 is 0 Å². The minimum absolute atomic E-state index is 0.650. The number of hydrogen-bond acceptors (Lipinski definition) is 4. The van der Waals surface area contributed by atoms with Crippen molar-refractivity contribution in [3.63, 3.8) is 0 Å². The summed E-state index contributed by atoms with van der Waals surface area (Å²) >= 11 is 0. The van der Waals surface area contributed by atoms with Crippen LogP contribution >= 0.6 is 0 Å². The molecule has 2 rings (SSSR count). The van der Waals surface area contributed by atoms with Gasteiger partial charge in [0.25, 0.3) is 0 Å². The van der Waals surface area contributed by atoms with Gasteiger partial charge in [-0.1, -0.05) is 26.2 Å². The maximum atomic E-state index is 5.73. The van der Waals surface area contributed by atoms with Crippen molar-refractivity contribution < 1.29 is 4.74 Å². The fourth-order valence-electron chi connectivity index (χ4n) is 1.86. The van der Waals surface area contributed by atoms with Crippen LogP contribution in [0.2, 0.25) is 0 Å². The Kier molecular flexibility index (Phi) is 4.34. The smallest absolute Gasteiger partial charge is 0.224 e. The summed E-state index contributed by atoms with van der Waals surface area (Å²) in [7, 11) is 0. The maximum Gasteiger partial charge on any atom is 0.224 e. The van der Waals surface area contributed by atoms with Crippen molar-refractivity contribution in [2.75, 3.05) is 12.3 Å². The Morgan fingerprint density at radius 2 is 2.06 bits per heavy atom. The lowest BCUT2D eigenvalue weighted by molar-refractivity contribution is 0.297. The van der Waals surface area contributed by atoms with E-state index >= 15 is 0 Å². The molecule has 0 atom stereocenters. The van der Waals surface area contributed by atoms with E-state index in [-0.39, 0.29) is 0 Å². The van der Waals surface area contributed by atoms with E-state index in [4.69, 9.17) is 10.5 Å². The number of unbranched alkanes of at least 4 members (excludes halogenated alkanes) is 3. The maximum absolute atomic E-state index is 5.73. The molecule has 0 fully saturated rings. The second-order valence-corrected chi connectivity index (χ2v) is 4.36. The van der Waals surface area contributed by atoms with Gasteiger partial charge in [0.1, 0.15) is 6.33 Å². The molecule has 0 bridgehead atoms. The Balaban J connectivity index is 2.04. The highest BCUT2D eigenvalue weighted by molar-refractivity contribution is 5.85. The lowest BCUT2D eigenvalue weighted by Gasteiger charge is -2.07. The molecule has 2 aromatic rings. The van der Waals surface area contributed by atoms with E-state index in [2.05, 4.69) is 16.9 Å². The Labute approximate surface area is 107 Å². The first-order chi connectivity index (χ1) is 8.81. The number of benzene rings is 1. The third-order valence-electron chi connectivity index (χ3n) is 2.86. The number of aromatic nitrogens is 2. The molecule has 0 saturated carbocycles. The number of anilines is 1. The molecule has 0 aliphatic carbocycles. The molecule has 0 aliphatic heterocycles. The number of nitrogen functional groups attached to an aromatic ring is 1. The van der Waals surface area contributed by atoms with Crippen LogP contribution in [-0.2, 0) is 0 Å².